The Kier molecular flexibility index (Phi) is 4.62. The van der Waals surface area contributed by atoms with Gasteiger partial charge in [0.15, 0.2) is 5.16 Å². The zero-order valence-corrected chi connectivity index (χ0v) is 12.3. The lowest BCUT2D eigenvalue weighted by atomic mass is 9.75. The summed E-state index contributed by atoms with van der Waals surface area (Å²) in [7, 11) is 0. The lowest BCUT2D eigenvalue weighted by Crippen LogP contribution is -2.44. The van der Waals surface area contributed by atoms with Gasteiger partial charge in [-0.3, -0.25) is 0 Å². The van der Waals surface area contributed by atoms with Crippen LogP contribution in [0.5, 0.6) is 0 Å². The van der Waals surface area contributed by atoms with E-state index in [9.17, 15) is 0 Å². The molecular weight excluding hydrogens is 242 g/mol. The molecule has 4 heteroatoms. The highest BCUT2D eigenvalue weighted by atomic mass is 32.2. The van der Waals surface area contributed by atoms with E-state index in [1.807, 2.05) is 30.2 Å². The van der Waals surface area contributed by atoms with E-state index >= 15 is 0 Å². The molecule has 0 amide bonds. The molecule has 1 fully saturated rings. The zero-order chi connectivity index (χ0) is 13.0. The Morgan fingerprint density at radius 2 is 2.11 bits per heavy atom. The van der Waals surface area contributed by atoms with Gasteiger partial charge in [0.2, 0.25) is 0 Å². The van der Waals surface area contributed by atoms with Crippen molar-refractivity contribution in [1.29, 1.82) is 0 Å². The highest BCUT2D eigenvalue weighted by molar-refractivity contribution is 7.99. The van der Waals surface area contributed by atoms with E-state index in [1.54, 1.807) is 0 Å². The summed E-state index contributed by atoms with van der Waals surface area (Å²) in [6.07, 6.45) is 7.44. The van der Waals surface area contributed by atoms with Gasteiger partial charge in [-0.05, 0) is 37.3 Å². The van der Waals surface area contributed by atoms with E-state index in [0.29, 0.717) is 16.7 Å². The molecule has 0 aromatic carbocycles. The van der Waals surface area contributed by atoms with Crippen LogP contribution in [0.2, 0.25) is 0 Å². The molecule has 18 heavy (non-hydrogen) atoms. The fourth-order valence-corrected chi connectivity index (χ4v) is 4.07. The van der Waals surface area contributed by atoms with Gasteiger partial charge in [-0.25, -0.2) is 9.97 Å². The Morgan fingerprint density at radius 1 is 1.39 bits per heavy atom. The SMILES string of the molecule is CCNC1CCC(C)(C)CC1Sc1ncccn1. The standard InChI is InChI=1S/C14H23N3S/c1-4-15-11-6-7-14(2,3)10-12(11)18-13-16-8-5-9-17-13/h5,8-9,11-12,15H,4,6-7,10H2,1-3H3. The fraction of sp³-hybridized carbons (Fsp3) is 0.714. The number of hydrogen-bond donors (Lipinski definition) is 1. The molecule has 1 aromatic rings. The van der Waals surface area contributed by atoms with E-state index in [0.717, 1.165) is 11.7 Å². The summed E-state index contributed by atoms with van der Waals surface area (Å²) in [5.41, 5.74) is 0.443. The van der Waals surface area contributed by atoms with Crippen molar-refractivity contribution in [2.75, 3.05) is 6.54 Å². The van der Waals surface area contributed by atoms with Crippen molar-refractivity contribution in [3.8, 4) is 0 Å². The van der Waals surface area contributed by atoms with Gasteiger partial charge in [0.1, 0.15) is 0 Å². The van der Waals surface area contributed by atoms with Crippen molar-refractivity contribution in [1.82, 2.24) is 15.3 Å². The quantitative estimate of drug-likeness (QED) is 0.849. The first-order valence-corrected chi connectivity index (χ1v) is 7.66. The molecule has 1 heterocycles. The summed E-state index contributed by atoms with van der Waals surface area (Å²) in [4.78, 5) is 8.68. The number of nitrogens with zero attached hydrogens (tertiary/aromatic N) is 2. The number of hydrogen-bond acceptors (Lipinski definition) is 4. The van der Waals surface area contributed by atoms with Crippen molar-refractivity contribution in [3.63, 3.8) is 0 Å². The first-order valence-electron chi connectivity index (χ1n) is 6.78. The molecule has 2 atom stereocenters. The molecule has 3 nitrogen and oxygen atoms in total. The summed E-state index contributed by atoms with van der Waals surface area (Å²) in [5, 5.41) is 5.10. The van der Waals surface area contributed by atoms with Crippen LogP contribution in [0.15, 0.2) is 23.6 Å². The maximum Gasteiger partial charge on any atom is 0.187 e. The summed E-state index contributed by atoms with van der Waals surface area (Å²) in [6.45, 7) is 7.96. The summed E-state index contributed by atoms with van der Waals surface area (Å²) < 4.78 is 0. The van der Waals surface area contributed by atoms with Gasteiger partial charge in [-0.15, -0.1) is 0 Å². The monoisotopic (exact) mass is 265 g/mol. The summed E-state index contributed by atoms with van der Waals surface area (Å²) in [5.74, 6) is 0. The predicted octanol–water partition coefficient (Wildman–Crippen LogP) is 3.13. The van der Waals surface area contributed by atoms with Gasteiger partial charge in [0.05, 0.1) is 0 Å². The second kappa shape index (κ2) is 6.02. The molecule has 2 rings (SSSR count). The Labute approximate surface area is 114 Å². The molecule has 1 aliphatic rings. The van der Waals surface area contributed by atoms with Gasteiger partial charge in [-0.1, -0.05) is 32.5 Å². The van der Waals surface area contributed by atoms with Crippen molar-refractivity contribution in [2.24, 2.45) is 5.41 Å². The largest absolute Gasteiger partial charge is 0.313 e. The molecule has 1 aromatic heterocycles. The topological polar surface area (TPSA) is 37.8 Å². The van der Waals surface area contributed by atoms with Crippen LogP contribution in [0.3, 0.4) is 0 Å². The van der Waals surface area contributed by atoms with Gasteiger partial charge >= 0.3 is 0 Å². The molecule has 100 valence electrons. The molecule has 0 spiro atoms. The van der Waals surface area contributed by atoms with Gasteiger partial charge in [-0.2, -0.15) is 0 Å². The lowest BCUT2D eigenvalue weighted by molar-refractivity contribution is 0.215. The van der Waals surface area contributed by atoms with Crippen molar-refractivity contribution >= 4 is 11.8 Å². The van der Waals surface area contributed by atoms with Crippen LogP contribution in [0, 0.1) is 5.41 Å². The maximum atomic E-state index is 4.34. The minimum absolute atomic E-state index is 0.443. The van der Waals surface area contributed by atoms with E-state index in [4.69, 9.17) is 0 Å². The average molecular weight is 265 g/mol. The Bertz CT molecular complexity index is 367. The smallest absolute Gasteiger partial charge is 0.187 e. The second-order valence-corrected chi connectivity index (χ2v) is 6.97. The van der Waals surface area contributed by atoms with Crippen LogP contribution >= 0.6 is 11.8 Å². The molecule has 1 N–H and O–H groups in total. The molecule has 2 unspecified atom stereocenters. The van der Waals surface area contributed by atoms with Crippen LogP contribution < -0.4 is 5.32 Å². The average Bonchev–Trinajstić information content (AvgIpc) is 2.34. The molecular formula is C14H23N3S. The first-order chi connectivity index (χ1) is 8.61. The third kappa shape index (κ3) is 3.69. The molecule has 1 saturated carbocycles. The predicted molar refractivity (Wildman–Crippen MR) is 76.8 cm³/mol. The van der Waals surface area contributed by atoms with E-state index in [-0.39, 0.29) is 0 Å². The molecule has 0 radical (unpaired) electrons. The van der Waals surface area contributed by atoms with Crippen LogP contribution in [-0.2, 0) is 0 Å². The third-order valence-corrected chi connectivity index (χ3v) is 4.82. The lowest BCUT2D eigenvalue weighted by Gasteiger charge is -2.40. The highest BCUT2D eigenvalue weighted by Gasteiger charge is 2.35. The fourth-order valence-electron chi connectivity index (χ4n) is 2.62. The Hall–Kier alpha value is -0.610. The maximum absolute atomic E-state index is 4.34. The third-order valence-electron chi connectivity index (χ3n) is 3.60. The van der Waals surface area contributed by atoms with Gasteiger partial charge in [0.25, 0.3) is 0 Å². The molecule has 0 saturated heterocycles. The Balaban J connectivity index is 2.05. The van der Waals surface area contributed by atoms with Crippen LogP contribution in [0.25, 0.3) is 0 Å². The number of thioether (sulfide) groups is 1. The van der Waals surface area contributed by atoms with Crippen molar-refractivity contribution in [3.05, 3.63) is 18.5 Å². The van der Waals surface area contributed by atoms with E-state index in [2.05, 4.69) is 36.1 Å². The Morgan fingerprint density at radius 3 is 2.78 bits per heavy atom. The minimum atomic E-state index is 0.443. The van der Waals surface area contributed by atoms with E-state index in [1.165, 1.54) is 19.3 Å². The minimum Gasteiger partial charge on any atom is -0.313 e. The number of aromatic nitrogens is 2. The summed E-state index contributed by atoms with van der Waals surface area (Å²) >= 11 is 1.83. The highest BCUT2D eigenvalue weighted by Crippen LogP contribution is 2.41. The van der Waals surface area contributed by atoms with Crippen LogP contribution in [-0.4, -0.2) is 27.8 Å². The van der Waals surface area contributed by atoms with Gasteiger partial charge in [0, 0.05) is 23.7 Å². The molecule has 1 aliphatic carbocycles. The number of nitrogens with one attached hydrogen (secondary N) is 1. The van der Waals surface area contributed by atoms with E-state index < -0.39 is 0 Å². The van der Waals surface area contributed by atoms with Crippen LogP contribution in [0.1, 0.15) is 40.0 Å². The first kappa shape index (κ1) is 13.8. The van der Waals surface area contributed by atoms with Crippen LogP contribution in [0.4, 0.5) is 0 Å². The summed E-state index contributed by atoms with van der Waals surface area (Å²) in [6, 6.07) is 2.47. The zero-order valence-electron chi connectivity index (χ0n) is 11.5. The number of rotatable bonds is 4. The molecule has 0 bridgehead atoms. The van der Waals surface area contributed by atoms with Gasteiger partial charge < -0.3 is 5.32 Å². The second-order valence-electron chi connectivity index (χ2n) is 5.76. The van der Waals surface area contributed by atoms with Crippen molar-refractivity contribution < 1.29 is 0 Å². The molecule has 0 aliphatic heterocycles. The van der Waals surface area contributed by atoms with Crippen molar-refractivity contribution in [2.45, 2.75) is 56.5 Å². The normalized spacial score (nSPS) is 27.1.